The summed E-state index contributed by atoms with van der Waals surface area (Å²) in [5.41, 5.74) is 2.08. The van der Waals surface area contributed by atoms with Crippen molar-refractivity contribution >= 4 is 5.91 Å². The summed E-state index contributed by atoms with van der Waals surface area (Å²) in [7, 11) is 0. The second-order valence-electron chi connectivity index (χ2n) is 8.28. The number of rotatable bonds is 7. The maximum atomic E-state index is 12.4. The molecule has 0 saturated carbocycles. The van der Waals surface area contributed by atoms with Crippen molar-refractivity contribution in [3.8, 4) is 5.75 Å². The Labute approximate surface area is 179 Å². The molecule has 0 spiro atoms. The molecule has 2 saturated heterocycles. The minimum absolute atomic E-state index is 0.0137. The fourth-order valence-electron chi connectivity index (χ4n) is 4.17. The van der Waals surface area contributed by atoms with Crippen LogP contribution >= 0.6 is 0 Å². The maximum Gasteiger partial charge on any atom is 0.251 e. The second-order valence-corrected chi connectivity index (χ2v) is 8.28. The number of ether oxygens (including phenoxy) is 2. The Morgan fingerprint density at radius 2 is 1.67 bits per heavy atom. The zero-order chi connectivity index (χ0) is 20.6. The van der Waals surface area contributed by atoms with Gasteiger partial charge >= 0.3 is 0 Å². The van der Waals surface area contributed by atoms with Crippen molar-refractivity contribution in [2.24, 2.45) is 0 Å². The molecule has 0 radical (unpaired) electrons. The standard InChI is InChI=1S/C25H32N2O3/c28-25(26-22-13-18-29-19-14-22)21-6-8-23(9-7-21)30-24-11-16-27(17-12-24)15-10-20-4-2-1-3-5-20/h1-9,22,24H,10-19H2,(H,26,28). The molecule has 5 heteroatoms. The quantitative estimate of drug-likeness (QED) is 0.759. The van der Waals surface area contributed by atoms with Crippen molar-refractivity contribution in [1.82, 2.24) is 10.2 Å². The van der Waals surface area contributed by atoms with Crippen LogP contribution in [0.3, 0.4) is 0 Å². The van der Waals surface area contributed by atoms with Crippen molar-refractivity contribution in [1.29, 1.82) is 0 Å². The zero-order valence-corrected chi connectivity index (χ0v) is 17.6. The van der Waals surface area contributed by atoms with Gasteiger partial charge in [-0.25, -0.2) is 0 Å². The third kappa shape index (κ3) is 6.07. The summed E-state index contributed by atoms with van der Waals surface area (Å²) in [5, 5.41) is 3.10. The van der Waals surface area contributed by atoms with Crippen molar-refractivity contribution in [2.75, 3.05) is 32.8 Å². The van der Waals surface area contributed by atoms with Crippen LogP contribution in [0.25, 0.3) is 0 Å². The predicted molar refractivity (Wildman–Crippen MR) is 118 cm³/mol. The van der Waals surface area contributed by atoms with Gasteiger partial charge in [-0.15, -0.1) is 0 Å². The van der Waals surface area contributed by atoms with E-state index in [1.54, 1.807) is 0 Å². The van der Waals surface area contributed by atoms with Crippen LogP contribution in [-0.4, -0.2) is 55.8 Å². The topological polar surface area (TPSA) is 50.8 Å². The van der Waals surface area contributed by atoms with E-state index in [0.717, 1.165) is 70.7 Å². The van der Waals surface area contributed by atoms with Gasteiger partial charge in [-0.05, 0) is 61.9 Å². The number of likely N-dealkylation sites (tertiary alicyclic amines) is 1. The number of nitrogens with one attached hydrogen (secondary N) is 1. The molecule has 0 unspecified atom stereocenters. The minimum atomic E-state index is -0.0137. The van der Waals surface area contributed by atoms with Gasteiger partial charge in [-0.3, -0.25) is 4.79 Å². The third-order valence-corrected chi connectivity index (χ3v) is 6.07. The molecule has 2 heterocycles. The highest BCUT2D eigenvalue weighted by Crippen LogP contribution is 2.20. The molecule has 160 valence electrons. The minimum Gasteiger partial charge on any atom is -0.490 e. The smallest absolute Gasteiger partial charge is 0.251 e. The molecule has 5 nitrogen and oxygen atoms in total. The summed E-state index contributed by atoms with van der Waals surface area (Å²) in [4.78, 5) is 14.9. The van der Waals surface area contributed by atoms with E-state index in [4.69, 9.17) is 9.47 Å². The van der Waals surface area contributed by atoms with Crippen LogP contribution in [0.1, 0.15) is 41.6 Å². The van der Waals surface area contributed by atoms with Gasteiger partial charge in [0.2, 0.25) is 0 Å². The van der Waals surface area contributed by atoms with E-state index in [9.17, 15) is 4.79 Å². The normalized spacial score (nSPS) is 18.8. The van der Waals surface area contributed by atoms with Crippen LogP contribution < -0.4 is 10.1 Å². The lowest BCUT2D eigenvalue weighted by Gasteiger charge is -2.32. The summed E-state index contributed by atoms with van der Waals surface area (Å²) < 4.78 is 11.5. The van der Waals surface area contributed by atoms with E-state index in [1.807, 2.05) is 24.3 Å². The van der Waals surface area contributed by atoms with E-state index < -0.39 is 0 Å². The zero-order valence-electron chi connectivity index (χ0n) is 17.6. The van der Waals surface area contributed by atoms with Crippen LogP contribution in [0, 0.1) is 0 Å². The molecule has 1 N–H and O–H groups in total. The molecule has 30 heavy (non-hydrogen) atoms. The fraction of sp³-hybridized carbons (Fsp3) is 0.480. The molecule has 2 aromatic carbocycles. The van der Waals surface area contributed by atoms with Crippen LogP contribution in [0.2, 0.25) is 0 Å². The lowest BCUT2D eigenvalue weighted by atomic mass is 10.1. The SMILES string of the molecule is O=C(NC1CCOCC1)c1ccc(OC2CCN(CCc3ccccc3)CC2)cc1. The molecule has 0 aromatic heterocycles. The number of amides is 1. The van der Waals surface area contributed by atoms with Gasteiger partial charge in [0, 0.05) is 44.5 Å². The number of piperidine rings is 1. The van der Waals surface area contributed by atoms with Crippen molar-refractivity contribution in [3.63, 3.8) is 0 Å². The molecule has 0 atom stereocenters. The van der Waals surface area contributed by atoms with Gasteiger partial charge in [0.15, 0.2) is 0 Å². The number of carbonyl (C=O) groups is 1. The van der Waals surface area contributed by atoms with E-state index in [2.05, 4.69) is 40.5 Å². The van der Waals surface area contributed by atoms with E-state index in [0.29, 0.717) is 5.56 Å². The average Bonchev–Trinajstić information content (AvgIpc) is 2.80. The molecular formula is C25H32N2O3. The van der Waals surface area contributed by atoms with Crippen molar-refractivity contribution < 1.29 is 14.3 Å². The summed E-state index contributed by atoms with van der Waals surface area (Å²) in [6.07, 6.45) is 5.21. The third-order valence-electron chi connectivity index (χ3n) is 6.07. The predicted octanol–water partition coefficient (Wildman–Crippen LogP) is 3.68. The summed E-state index contributed by atoms with van der Waals surface area (Å²) in [6, 6.07) is 18.4. The molecule has 2 aromatic rings. The van der Waals surface area contributed by atoms with Gasteiger partial charge < -0.3 is 19.7 Å². The van der Waals surface area contributed by atoms with Gasteiger partial charge in [-0.1, -0.05) is 30.3 Å². The van der Waals surface area contributed by atoms with Gasteiger partial charge in [0.1, 0.15) is 11.9 Å². The molecule has 4 rings (SSSR count). The fourth-order valence-corrected chi connectivity index (χ4v) is 4.17. The average molecular weight is 409 g/mol. The Morgan fingerprint density at radius 3 is 2.37 bits per heavy atom. The van der Waals surface area contributed by atoms with Gasteiger partial charge in [-0.2, -0.15) is 0 Å². The number of hydrogen-bond donors (Lipinski definition) is 1. The van der Waals surface area contributed by atoms with Gasteiger partial charge in [0.05, 0.1) is 0 Å². The second kappa shape index (κ2) is 10.6. The monoisotopic (exact) mass is 408 g/mol. The maximum absolute atomic E-state index is 12.4. The van der Waals surface area contributed by atoms with Crippen LogP contribution in [0.5, 0.6) is 5.75 Å². The number of carbonyl (C=O) groups excluding carboxylic acids is 1. The lowest BCUT2D eigenvalue weighted by molar-refractivity contribution is 0.0696. The summed E-state index contributed by atoms with van der Waals surface area (Å²) in [6.45, 7) is 4.70. The Morgan fingerprint density at radius 1 is 0.967 bits per heavy atom. The van der Waals surface area contributed by atoms with E-state index >= 15 is 0 Å². The Bertz CT molecular complexity index is 780. The Hall–Kier alpha value is -2.37. The van der Waals surface area contributed by atoms with E-state index in [1.165, 1.54) is 5.56 Å². The van der Waals surface area contributed by atoms with Crippen LogP contribution in [0.4, 0.5) is 0 Å². The molecule has 0 aliphatic carbocycles. The summed E-state index contributed by atoms with van der Waals surface area (Å²) in [5.74, 6) is 0.834. The van der Waals surface area contributed by atoms with Crippen molar-refractivity contribution in [2.45, 2.75) is 44.2 Å². The number of hydrogen-bond acceptors (Lipinski definition) is 4. The summed E-state index contributed by atoms with van der Waals surface area (Å²) >= 11 is 0. The first-order valence-electron chi connectivity index (χ1n) is 11.2. The molecule has 2 fully saturated rings. The first-order valence-corrected chi connectivity index (χ1v) is 11.2. The molecule has 1 amide bonds. The van der Waals surface area contributed by atoms with Crippen LogP contribution in [0.15, 0.2) is 54.6 Å². The van der Waals surface area contributed by atoms with Gasteiger partial charge in [0.25, 0.3) is 5.91 Å². The number of nitrogens with zero attached hydrogens (tertiary/aromatic N) is 1. The largest absolute Gasteiger partial charge is 0.490 e. The Balaban J connectivity index is 1.19. The molecule has 2 aliphatic rings. The van der Waals surface area contributed by atoms with E-state index in [-0.39, 0.29) is 18.1 Å². The highest BCUT2D eigenvalue weighted by atomic mass is 16.5. The Kier molecular flexibility index (Phi) is 7.38. The highest BCUT2D eigenvalue weighted by Gasteiger charge is 2.21. The molecule has 2 aliphatic heterocycles. The van der Waals surface area contributed by atoms with Crippen molar-refractivity contribution in [3.05, 3.63) is 65.7 Å². The van der Waals surface area contributed by atoms with Crippen LogP contribution in [-0.2, 0) is 11.2 Å². The lowest BCUT2D eigenvalue weighted by Crippen LogP contribution is -2.39. The highest BCUT2D eigenvalue weighted by molar-refractivity contribution is 5.94. The first kappa shape index (κ1) is 20.9. The molecular weight excluding hydrogens is 376 g/mol. The molecule has 0 bridgehead atoms. The number of benzene rings is 2. The first-order chi connectivity index (χ1) is 14.8.